The summed E-state index contributed by atoms with van der Waals surface area (Å²) < 4.78 is 18.5. The zero-order valence-electron chi connectivity index (χ0n) is 11.6. The van der Waals surface area contributed by atoms with Crippen LogP contribution < -0.4 is 10.2 Å². The Balaban J connectivity index is 2.11. The summed E-state index contributed by atoms with van der Waals surface area (Å²) in [5.74, 6) is -1.20. The molecule has 2 aromatic heterocycles. The molecule has 0 unspecified atom stereocenters. The molecule has 22 heavy (non-hydrogen) atoms. The number of ether oxygens (including phenoxy) is 1. The van der Waals surface area contributed by atoms with Crippen LogP contribution in [0.25, 0.3) is 11.0 Å². The maximum Gasteiger partial charge on any atom is 0.218 e. The van der Waals surface area contributed by atoms with Crippen molar-refractivity contribution < 1.29 is 13.9 Å². The van der Waals surface area contributed by atoms with Crippen LogP contribution in [0.5, 0.6) is 5.75 Å². The summed E-state index contributed by atoms with van der Waals surface area (Å²) in [6, 6.07) is 7.16. The number of fused-ring (bicyclic) bond motifs is 1. The average Bonchev–Trinajstić information content (AvgIpc) is 2.55. The Morgan fingerprint density at radius 1 is 1.32 bits per heavy atom. The van der Waals surface area contributed by atoms with Gasteiger partial charge in [0.15, 0.2) is 17.3 Å². The molecule has 3 rings (SSSR count). The number of hydrogen-bond acceptors (Lipinski definition) is 4. The van der Waals surface area contributed by atoms with Crippen LogP contribution >= 0.6 is 0 Å². The third-order valence-corrected chi connectivity index (χ3v) is 3.30. The molecule has 0 saturated heterocycles. The van der Waals surface area contributed by atoms with E-state index in [4.69, 9.17) is 4.74 Å². The second-order valence-electron chi connectivity index (χ2n) is 4.61. The molecule has 1 aromatic carbocycles. The fourth-order valence-corrected chi connectivity index (χ4v) is 2.18. The maximum absolute atomic E-state index is 13.7. The average molecular weight is 298 g/mol. The minimum absolute atomic E-state index is 0.0330. The van der Waals surface area contributed by atoms with E-state index in [2.05, 4.69) is 9.97 Å². The number of methoxy groups -OCH3 is 1. The lowest BCUT2D eigenvalue weighted by Gasteiger charge is -2.05. The van der Waals surface area contributed by atoms with Crippen LogP contribution in [0.3, 0.4) is 0 Å². The smallest absolute Gasteiger partial charge is 0.218 e. The van der Waals surface area contributed by atoms with Crippen molar-refractivity contribution in [2.75, 3.05) is 7.11 Å². The van der Waals surface area contributed by atoms with Crippen LogP contribution in [0.4, 0.5) is 4.39 Å². The summed E-state index contributed by atoms with van der Waals surface area (Å²) in [5, 5.41) is 0. The second kappa shape index (κ2) is 5.40. The minimum atomic E-state index is -0.663. The molecule has 5 nitrogen and oxygen atoms in total. The highest BCUT2D eigenvalue weighted by molar-refractivity contribution is 6.09. The van der Waals surface area contributed by atoms with Crippen molar-refractivity contribution in [2.24, 2.45) is 0 Å². The Hall–Kier alpha value is -3.02. The monoisotopic (exact) mass is 298 g/mol. The van der Waals surface area contributed by atoms with Gasteiger partial charge in [-0.1, -0.05) is 0 Å². The molecule has 0 radical (unpaired) electrons. The van der Waals surface area contributed by atoms with Crippen LogP contribution in [0.15, 0.2) is 47.5 Å². The van der Waals surface area contributed by atoms with Gasteiger partial charge in [-0.25, -0.2) is 4.39 Å². The predicted molar refractivity (Wildman–Crippen MR) is 78.7 cm³/mol. The number of nitrogens with one attached hydrogen (secondary N) is 1. The molecule has 2 heterocycles. The molecule has 0 atom stereocenters. The number of H-pyrrole nitrogens is 1. The van der Waals surface area contributed by atoms with Gasteiger partial charge in [-0.3, -0.25) is 14.6 Å². The number of benzene rings is 1. The Morgan fingerprint density at radius 2 is 2.14 bits per heavy atom. The molecular formula is C16H11FN2O3. The van der Waals surface area contributed by atoms with E-state index in [1.807, 2.05) is 0 Å². The van der Waals surface area contributed by atoms with Gasteiger partial charge in [-0.05, 0) is 30.3 Å². The van der Waals surface area contributed by atoms with Crippen molar-refractivity contribution in [3.05, 3.63) is 69.9 Å². The highest BCUT2D eigenvalue weighted by atomic mass is 19.1. The fourth-order valence-electron chi connectivity index (χ4n) is 2.18. The van der Waals surface area contributed by atoms with Crippen LogP contribution in [-0.4, -0.2) is 22.9 Å². The summed E-state index contributed by atoms with van der Waals surface area (Å²) in [6.45, 7) is 0. The quantitative estimate of drug-likeness (QED) is 0.753. The van der Waals surface area contributed by atoms with Gasteiger partial charge < -0.3 is 9.72 Å². The van der Waals surface area contributed by atoms with E-state index >= 15 is 0 Å². The van der Waals surface area contributed by atoms with E-state index < -0.39 is 17.0 Å². The van der Waals surface area contributed by atoms with Crippen molar-refractivity contribution in [3.63, 3.8) is 0 Å². The number of rotatable bonds is 3. The van der Waals surface area contributed by atoms with E-state index in [1.54, 1.807) is 12.1 Å². The molecule has 0 aliphatic carbocycles. The molecular weight excluding hydrogens is 287 g/mol. The molecule has 0 bridgehead atoms. The lowest BCUT2D eigenvalue weighted by molar-refractivity contribution is 0.103. The Bertz CT molecular complexity index is 934. The van der Waals surface area contributed by atoms with E-state index in [0.29, 0.717) is 5.52 Å². The molecule has 0 saturated carbocycles. The standard InChI is InChI=1S/C16H11FN2O3/c1-22-13-5-4-9(7-11(13)17)15(20)10-8-19-12-3-2-6-18-14(12)16(10)21/h2-8H,1H3,(H,19,21). The highest BCUT2D eigenvalue weighted by Gasteiger charge is 2.17. The summed E-state index contributed by atoms with van der Waals surface area (Å²) in [4.78, 5) is 31.6. The summed E-state index contributed by atoms with van der Waals surface area (Å²) in [5.41, 5.74) is 0.192. The van der Waals surface area contributed by atoms with E-state index in [1.165, 1.54) is 31.6 Å². The number of carbonyl (C=O) groups excluding carboxylic acids is 1. The maximum atomic E-state index is 13.7. The summed E-state index contributed by atoms with van der Waals surface area (Å²) in [7, 11) is 1.33. The first kappa shape index (κ1) is 13.9. The van der Waals surface area contributed by atoms with Crippen LogP contribution in [0, 0.1) is 5.82 Å². The number of aromatic nitrogens is 2. The summed E-state index contributed by atoms with van der Waals surface area (Å²) >= 11 is 0. The molecule has 0 aliphatic rings. The largest absolute Gasteiger partial charge is 0.494 e. The van der Waals surface area contributed by atoms with Gasteiger partial charge in [0.25, 0.3) is 0 Å². The normalized spacial score (nSPS) is 10.6. The third-order valence-electron chi connectivity index (χ3n) is 3.30. The van der Waals surface area contributed by atoms with E-state index in [-0.39, 0.29) is 22.4 Å². The molecule has 1 N–H and O–H groups in total. The topological polar surface area (TPSA) is 72.1 Å². The molecule has 6 heteroatoms. The van der Waals surface area contributed by atoms with Crippen LogP contribution in [0.1, 0.15) is 15.9 Å². The zero-order valence-corrected chi connectivity index (χ0v) is 11.6. The van der Waals surface area contributed by atoms with Crippen molar-refractivity contribution in [1.82, 2.24) is 9.97 Å². The SMILES string of the molecule is COc1ccc(C(=O)c2c[nH]c3cccnc3c2=O)cc1F. The van der Waals surface area contributed by atoms with Gasteiger partial charge in [0, 0.05) is 18.0 Å². The van der Waals surface area contributed by atoms with Gasteiger partial charge in [-0.15, -0.1) is 0 Å². The molecule has 0 amide bonds. The number of pyridine rings is 2. The Morgan fingerprint density at radius 3 is 2.86 bits per heavy atom. The number of ketones is 1. The van der Waals surface area contributed by atoms with Gasteiger partial charge >= 0.3 is 0 Å². The second-order valence-corrected chi connectivity index (χ2v) is 4.61. The number of nitrogens with zero attached hydrogens (tertiary/aromatic N) is 1. The first-order valence-corrected chi connectivity index (χ1v) is 6.46. The van der Waals surface area contributed by atoms with Gasteiger partial charge in [0.05, 0.1) is 18.2 Å². The summed E-state index contributed by atoms with van der Waals surface area (Å²) in [6.07, 6.45) is 2.79. The van der Waals surface area contributed by atoms with Gasteiger partial charge in [0.1, 0.15) is 5.52 Å². The molecule has 110 valence electrons. The van der Waals surface area contributed by atoms with Crippen LogP contribution in [0.2, 0.25) is 0 Å². The third kappa shape index (κ3) is 2.24. The van der Waals surface area contributed by atoms with Gasteiger partial charge in [-0.2, -0.15) is 0 Å². The first-order chi connectivity index (χ1) is 10.6. The first-order valence-electron chi connectivity index (χ1n) is 6.46. The molecule has 0 fully saturated rings. The van der Waals surface area contributed by atoms with Crippen molar-refractivity contribution in [1.29, 1.82) is 0 Å². The number of hydrogen-bond donors (Lipinski definition) is 1. The highest BCUT2D eigenvalue weighted by Crippen LogP contribution is 2.19. The zero-order chi connectivity index (χ0) is 15.7. The predicted octanol–water partition coefficient (Wildman–Crippen LogP) is 2.30. The lowest BCUT2D eigenvalue weighted by Crippen LogP contribution is -2.17. The molecule has 3 aromatic rings. The molecule has 0 aliphatic heterocycles. The van der Waals surface area contributed by atoms with Crippen molar-refractivity contribution >= 4 is 16.8 Å². The van der Waals surface area contributed by atoms with E-state index in [0.717, 1.165) is 6.07 Å². The lowest BCUT2D eigenvalue weighted by atomic mass is 10.0. The Kier molecular flexibility index (Phi) is 3.42. The Labute approximate surface area is 124 Å². The van der Waals surface area contributed by atoms with Crippen molar-refractivity contribution in [2.45, 2.75) is 0 Å². The number of aromatic amines is 1. The fraction of sp³-hybridized carbons (Fsp3) is 0.0625. The minimum Gasteiger partial charge on any atom is -0.494 e. The van der Waals surface area contributed by atoms with Crippen molar-refractivity contribution in [3.8, 4) is 5.75 Å². The molecule has 0 spiro atoms. The van der Waals surface area contributed by atoms with Gasteiger partial charge in [0.2, 0.25) is 5.43 Å². The van der Waals surface area contributed by atoms with Crippen LogP contribution in [-0.2, 0) is 0 Å². The van der Waals surface area contributed by atoms with E-state index in [9.17, 15) is 14.0 Å². The number of carbonyl (C=O) groups is 1. The number of halogens is 1.